The van der Waals surface area contributed by atoms with Crippen LogP contribution in [0.2, 0.25) is 0 Å². The molecule has 0 unspecified atom stereocenters. The van der Waals surface area contributed by atoms with Gasteiger partial charge in [-0.1, -0.05) is 0 Å². The summed E-state index contributed by atoms with van der Waals surface area (Å²) in [5.74, 6) is -0.127. The molecule has 2 aromatic rings. The summed E-state index contributed by atoms with van der Waals surface area (Å²) < 4.78 is 1.31. The first-order chi connectivity index (χ1) is 12.4. The van der Waals surface area contributed by atoms with Crippen molar-refractivity contribution in [2.24, 2.45) is 13.0 Å². The van der Waals surface area contributed by atoms with Crippen molar-refractivity contribution in [3.63, 3.8) is 0 Å². The van der Waals surface area contributed by atoms with Gasteiger partial charge < -0.3 is 15.3 Å². The van der Waals surface area contributed by atoms with Crippen LogP contribution in [-0.4, -0.2) is 45.5 Å². The lowest BCUT2D eigenvalue weighted by Crippen LogP contribution is -2.37. The Morgan fingerprint density at radius 1 is 1.35 bits per heavy atom. The number of carboxylic acids is 1. The van der Waals surface area contributed by atoms with Gasteiger partial charge in [0.05, 0.1) is 11.9 Å². The van der Waals surface area contributed by atoms with Crippen molar-refractivity contribution in [2.75, 3.05) is 29.9 Å². The van der Waals surface area contributed by atoms with E-state index in [2.05, 4.69) is 20.3 Å². The highest BCUT2D eigenvalue weighted by atomic mass is 16.4. The second kappa shape index (κ2) is 7.55. The molecule has 0 spiro atoms. The maximum absolute atomic E-state index is 11.7. The summed E-state index contributed by atoms with van der Waals surface area (Å²) in [6.45, 7) is 4.20. The van der Waals surface area contributed by atoms with Crippen molar-refractivity contribution in [3.8, 4) is 0 Å². The second-order valence-electron chi connectivity index (χ2n) is 6.64. The van der Waals surface area contributed by atoms with Gasteiger partial charge in [0, 0.05) is 38.4 Å². The molecule has 138 valence electrons. The van der Waals surface area contributed by atoms with E-state index >= 15 is 0 Å². The smallest absolute Gasteiger partial charge is 0.339 e. The zero-order valence-corrected chi connectivity index (χ0v) is 15.0. The van der Waals surface area contributed by atoms with Gasteiger partial charge in [0.1, 0.15) is 11.4 Å². The highest BCUT2D eigenvalue weighted by Gasteiger charge is 2.21. The molecular weight excluding hydrogens is 334 g/mol. The van der Waals surface area contributed by atoms with E-state index in [0.29, 0.717) is 18.3 Å². The zero-order chi connectivity index (χ0) is 18.7. The Labute approximate surface area is 151 Å². The van der Waals surface area contributed by atoms with Gasteiger partial charge in [0.2, 0.25) is 0 Å². The molecule has 2 N–H and O–H groups in total. The molecule has 2 aromatic heterocycles. The largest absolute Gasteiger partial charge is 0.478 e. The summed E-state index contributed by atoms with van der Waals surface area (Å²) in [5.41, 5.74) is 1.72. The van der Waals surface area contributed by atoms with Crippen molar-refractivity contribution in [3.05, 3.63) is 46.0 Å². The first kappa shape index (κ1) is 17.9. The van der Waals surface area contributed by atoms with Crippen LogP contribution in [0.3, 0.4) is 0 Å². The van der Waals surface area contributed by atoms with Gasteiger partial charge in [0.25, 0.3) is 5.56 Å². The summed E-state index contributed by atoms with van der Waals surface area (Å²) in [4.78, 5) is 29.5. The molecular formula is C18H23N5O3. The molecule has 3 rings (SSSR count). The highest BCUT2D eigenvalue weighted by Crippen LogP contribution is 2.23. The van der Waals surface area contributed by atoms with E-state index in [1.54, 1.807) is 31.4 Å². The van der Waals surface area contributed by atoms with Crippen LogP contribution >= 0.6 is 0 Å². The molecule has 1 aliphatic heterocycles. The van der Waals surface area contributed by atoms with Crippen LogP contribution in [0.15, 0.2) is 29.2 Å². The average Bonchev–Trinajstić information content (AvgIpc) is 2.62. The van der Waals surface area contributed by atoms with Gasteiger partial charge in [-0.15, -0.1) is 0 Å². The Balaban J connectivity index is 1.58. The summed E-state index contributed by atoms with van der Waals surface area (Å²) in [7, 11) is 1.63. The Kier molecular flexibility index (Phi) is 5.20. The third kappa shape index (κ3) is 4.01. The number of pyridine rings is 1. The minimum absolute atomic E-state index is 0.113. The lowest BCUT2D eigenvalue weighted by Gasteiger charge is -2.33. The summed E-state index contributed by atoms with van der Waals surface area (Å²) in [6.07, 6.45) is 3.63. The molecule has 3 heterocycles. The van der Waals surface area contributed by atoms with Crippen molar-refractivity contribution < 1.29 is 9.90 Å². The van der Waals surface area contributed by atoms with Crippen LogP contribution in [0, 0.1) is 12.8 Å². The number of rotatable bonds is 5. The standard InChI is InChI=1S/C18H23N5O3/c1-12-3-4-15(18(25)26)17(21-12)19-10-13-5-7-23(8-6-13)14-9-16(24)22(2)20-11-14/h3-4,9,11,13H,5-8,10H2,1-2H3,(H,19,21)(H,25,26). The predicted molar refractivity (Wildman–Crippen MR) is 98.8 cm³/mol. The number of carboxylic acid groups (broad SMARTS) is 1. The monoisotopic (exact) mass is 357 g/mol. The minimum atomic E-state index is -0.979. The molecule has 1 saturated heterocycles. The molecule has 0 radical (unpaired) electrons. The molecule has 26 heavy (non-hydrogen) atoms. The number of aromatic carboxylic acids is 1. The zero-order valence-electron chi connectivity index (χ0n) is 15.0. The van der Waals surface area contributed by atoms with E-state index in [0.717, 1.165) is 37.3 Å². The summed E-state index contributed by atoms with van der Waals surface area (Å²) in [5, 5.41) is 16.5. The van der Waals surface area contributed by atoms with Crippen LogP contribution in [0.25, 0.3) is 0 Å². The topological polar surface area (TPSA) is 100 Å². The van der Waals surface area contributed by atoms with Gasteiger partial charge >= 0.3 is 5.97 Å². The molecule has 0 bridgehead atoms. The van der Waals surface area contributed by atoms with Crippen LogP contribution in [0.4, 0.5) is 11.5 Å². The molecule has 0 aromatic carbocycles. The molecule has 0 aliphatic carbocycles. The maximum Gasteiger partial charge on any atom is 0.339 e. The van der Waals surface area contributed by atoms with E-state index in [4.69, 9.17) is 0 Å². The number of carbonyl (C=O) groups is 1. The molecule has 1 aliphatic rings. The lowest BCUT2D eigenvalue weighted by molar-refractivity contribution is 0.0697. The fourth-order valence-corrected chi connectivity index (χ4v) is 3.13. The van der Waals surface area contributed by atoms with Crippen LogP contribution in [0.5, 0.6) is 0 Å². The molecule has 0 atom stereocenters. The number of nitrogens with one attached hydrogen (secondary N) is 1. The Bertz CT molecular complexity index is 856. The van der Waals surface area contributed by atoms with Crippen LogP contribution < -0.4 is 15.8 Å². The molecule has 1 fully saturated rings. The van der Waals surface area contributed by atoms with E-state index in [-0.39, 0.29) is 11.1 Å². The van der Waals surface area contributed by atoms with E-state index in [1.807, 2.05) is 6.92 Å². The summed E-state index contributed by atoms with van der Waals surface area (Å²) in [6, 6.07) is 4.89. The number of aryl methyl sites for hydroxylation is 2. The minimum Gasteiger partial charge on any atom is -0.478 e. The number of nitrogens with zero attached hydrogens (tertiary/aromatic N) is 4. The Morgan fingerprint density at radius 2 is 2.08 bits per heavy atom. The van der Waals surface area contributed by atoms with E-state index < -0.39 is 5.97 Å². The first-order valence-corrected chi connectivity index (χ1v) is 8.67. The molecule has 8 heteroatoms. The normalized spacial score (nSPS) is 15.1. The Hall–Kier alpha value is -2.90. The third-order valence-electron chi connectivity index (χ3n) is 4.76. The number of aromatic nitrogens is 3. The third-order valence-corrected chi connectivity index (χ3v) is 4.76. The van der Waals surface area contributed by atoms with Gasteiger partial charge in [-0.2, -0.15) is 5.10 Å². The number of anilines is 2. The summed E-state index contributed by atoms with van der Waals surface area (Å²) >= 11 is 0. The van der Waals surface area contributed by atoms with Crippen LogP contribution in [-0.2, 0) is 7.05 Å². The average molecular weight is 357 g/mol. The van der Waals surface area contributed by atoms with Crippen molar-refractivity contribution in [1.82, 2.24) is 14.8 Å². The highest BCUT2D eigenvalue weighted by molar-refractivity contribution is 5.93. The number of hydrogen-bond donors (Lipinski definition) is 2. The molecule has 8 nitrogen and oxygen atoms in total. The second-order valence-corrected chi connectivity index (χ2v) is 6.64. The number of piperidine rings is 1. The van der Waals surface area contributed by atoms with Gasteiger partial charge in [0.15, 0.2) is 0 Å². The van der Waals surface area contributed by atoms with Crippen molar-refractivity contribution >= 4 is 17.5 Å². The SMILES string of the molecule is Cc1ccc(C(=O)O)c(NCC2CCN(c3cnn(C)c(=O)c3)CC2)n1. The fraction of sp³-hybridized carbons (Fsp3) is 0.444. The predicted octanol–water partition coefficient (Wildman–Crippen LogP) is 1.51. The molecule has 0 amide bonds. The Morgan fingerprint density at radius 3 is 2.73 bits per heavy atom. The van der Waals surface area contributed by atoms with Crippen LogP contribution in [0.1, 0.15) is 28.9 Å². The lowest BCUT2D eigenvalue weighted by atomic mass is 9.96. The van der Waals surface area contributed by atoms with Crippen molar-refractivity contribution in [2.45, 2.75) is 19.8 Å². The van der Waals surface area contributed by atoms with Crippen molar-refractivity contribution in [1.29, 1.82) is 0 Å². The van der Waals surface area contributed by atoms with E-state index in [1.165, 1.54) is 4.68 Å². The maximum atomic E-state index is 11.7. The fourth-order valence-electron chi connectivity index (χ4n) is 3.13. The molecule has 0 saturated carbocycles. The number of hydrogen-bond acceptors (Lipinski definition) is 6. The quantitative estimate of drug-likeness (QED) is 0.836. The van der Waals surface area contributed by atoms with Gasteiger partial charge in [-0.3, -0.25) is 4.79 Å². The van der Waals surface area contributed by atoms with E-state index in [9.17, 15) is 14.7 Å². The van der Waals surface area contributed by atoms with Gasteiger partial charge in [-0.25, -0.2) is 14.5 Å². The van der Waals surface area contributed by atoms with Gasteiger partial charge in [-0.05, 0) is 37.8 Å². The first-order valence-electron chi connectivity index (χ1n) is 8.67.